The summed E-state index contributed by atoms with van der Waals surface area (Å²) < 4.78 is 0. The van der Waals surface area contributed by atoms with Crippen LogP contribution in [0.2, 0.25) is 0 Å². The Balaban J connectivity index is 1.17. The Hall–Kier alpha value is -2.98. The number of thioether (sulfide) groups is 2. The third-order valence-corrected chi connectivity index (χ3v) is 13.1. The standard InChI is InChI=1S/C38H50N4O4S2/c43-35(39-31-19-23-47-33-15-7-9-21-41(33)37(31)45)29(25-27-11-3-1-4-12-27)17-18-30(26-28-13-5-2-6-14-28)36(44)40-32-20-24-48-34-16-8-10-22-42(34)38(32)46/h1-6,11-14,29-34H,7-10,15-26H2,(H,39,43)(H,40,44). The van der Waals surface area contributed by atoms with Gasteiger partial charge in [-0.3, -0.25) is 19.2 Å². The lowest BCUT2D eigenvalue weighted by atomic mass is 9.86. The zero-order chi connectivity index (χ0) is 33.3. The summed E-state index contributed by atoms with van der Waals surface area (Å²) in [6.45, 7) is 1.51. The number of piperidine rings is 2. The fourth-order valence-electron chi connectivity index (χ4n) is 7.64. The van der Waals surface area contributed by atoms with Crippen molar-refractivity contribution in [3.8, 4) is 0 Å². The Morgan fingerprint density at radius 1 is 0.625 bits per heavy atom. The normalized spacial score (nSPS) is 25.9. The number of nitrogens with one attached hydrogen (secondary N) is 2. The van der Waals surface area contributed by atoms with Crippen LogP contribution in [0.1, 0.15) is 75.3 Å². The highest BCUT2D eigenvalue weighted by Gasteiger charge is 2.38. The molecule has 6 atom stereocenters. The Morgan fingerprint density at radius 2 is 1.04 bits per heavy atom. The summed E-state index contributed by atoms with van der Waals surface area (Å²) in [4.78, 5) is 59.3. The van der Waals surface area contributed by atoms with Gasteiger partial charge in [0, 0.05) is 24.9 Å². The van der Waals surface area contributed by atoms with Crippen molar-refractivity contribution in [3.63, 3.8) is 0 Å². The molecular formula is C38H50N4O4S2. The molecular weight excluding hydrogens is 641 g/mol. The molecule has 2 N–H and O–H groups in total. The van der Waals surface area contributed by atoms with Crippen LogP contribution < -0.4 is 10.6 Å². The summed E-state index contributed by atoms with van der Waals surface area (Å²) in [5, 5.41) is 6.77. The molecule has 0 radical (unpaired) electrons. The molecule has 6 unspecified atom stereocenters. The highest BCUT2D eigenvalue weighted by Crippen LogP contribution is 2.33. The number of carbonyl (C=O) groups is 4. The predicted molar refractivity (Wildman–Crippen MR) is 193 cm³/mol. The molecule has 0 spiro atoms. The molecule has 4 amide bonds. The van der Waals surface area contributed by atoms with Crippen LogP contribution in [0, 0.1) is 11.8 Å². The molecule has 6 rings (SSSR count). The average Bonchev–Trinajstić information content (AvgIpc) is 3.37. The summed E-state index contributed by atoms with van der Waals surface area (Å²) in [6, 6.07) is 18.9. The molecule has 2 aromatic carbocycles. The van der Waals surface area contributed by atoms with Crippen molar-refractivity contribution >= 4 is 47.2 Å². The maximum atomic E-state index is 14.1. The molecule has 4 heterocycles. The molecule has 0 aromatic heterocycles. The van der Waals surface area contributed by atoms with Crippen LogP contribution in [0.5, 0.6) is 0 Å². The van der Waals surface area contributed by atoms with Gasteiger partial charge in [0.1, 0.15) is 12.1 Å². The highest BCUT2D eigenvalue weighted by molar-refractivity contribution is 8.00. The number of fused-ring (bicyclic) bond motifs is 2. The van der Waals surface area contributed by atoms with Crippen molar-refractivity contribution in [3.05, 3.63) is 71.8 Å². The van der Waals surface area contributed by atoms with Crippen LogP contribution in [0.25, 0.3) is 0 Å². The monoisotopic (exact) mass is 690 g/mol. The second-order valence-electron chi connectivity index (χ2n) is 13.8. The Labute approximate surface area is 293 Å². The van der Waals surface area contributed by atoms with E-state index in [1.165, 1.54) is 0 Å². The largest absolute Gasteiger partial charge is 0.344 e. The molecule has 4 aliphatic rings. The maximum absolute atomic E-state index is 14.1. The van der Waals surface area contributed by atoms with Gasteiger partial charge in [-0.05, 0) is 99.7 Å². The number of hydrogen-bond donors (Lipinski definition) is 2. The molecule has 48 heavy (non-hydrogen) atoms. The minimum atomic E-state index is -0.521. The fraction of sp³-hybridized carbons (Fsp3) is 0.579. The van der Waals surface area contributed by atoms with E-state index < -0.39 is 23.9 Å². The van der Waals surface area contributed by atoms with Gasteiger partial charge in [0.25, 0.3) is 0 Å². The van der Waals surface area contributed by atoms with E-state index in [-0.39, 0.29) is 34.4 Å². The lowest BCUT2D eigenvalue weighted by Gasteiger charge is -2.35. The predicted octanol–water partition coefficient (Wildman–Crippen LogP) is 5.41. The van der Waals surface area contributed by atoms with Gasteiger partial charge in [-0.25, -0.2) is 0 Å². The zero-order valence-corrected chi connectivity index (χ0v) is 29.5. The molecule has 4 saturated heterocycles. The molecule has 0 aliphatic carbocycles. The maximum Gasteiger partial charge on any atom is 0.246 e. The van der Waals surface area contributed by atoms with Crippen LogP contribution in [0.4, 0.5) is 0 Å². The number of rotatable bonds is 11. The molecule has 8 nitrogen and oxygen atoms in total. The molecule has 0 bridgehead atoms. The minimum Gasteiger partial charge on any atom is -0.344 e. The van der Waals surface area contributed by atoms with Crippen LogP contribution in [-0.4, -0.2) is 80.9 Å². The number of hydrogen-bond acceptors (Lipinski definition) is 6. The van der Waals surface area contributed by atoms with Gasteiger partial charge >= 0.3 is 0 Å². The van der Waals surface area contributed by atoms with E-state index in [1.54, 1.807) is 0 Å². The van der Waals surface area contributed by atoms with Gasteiger partial charge in [0.05, 0.1) is 10.7 Å². The number of benzene rings is 2. The molecule has 258 valence electrons. The highest BCUT2D eigenvalue weighted by atomic mass is 32.2. The van der Waals surface area contributed by atoms with Crippen LogP contribution >= 0.6 is 23.5 Å². The van der Waals surface area contributed by atoms with E-state index in [0.29, 0.717) is 38.5 Å². The molecule has 4 aliphatic heterocycles. The van der Waals surface area contributed by atoms with Crippen molar-refractivity contribution in [2.45, 2.75) is 99.9 Å². The third-order valence-electron chi connectivity index (χ3n) is 10.4. The minimum absolute atomic E-state index is 0.0417. The smallest absolute Gasteiger partial charge is 0.246 e. The van der Waals surface area contributed by atoms with E-state index in [4.69, 9.17) is 0 Å². The van der Waals surface area contributed by atoms with E-state index in [0.717, 1.165) is 74.2 Å². The number of nitrogens with zero attached hydrogens (tertiary/aromatic N) is 2. The summed E-state index contributed by atoms with van der Waals surface area (Å²) >= 11 is 3.67. The number of carbonyl (C=O) groups excluding carboxylic acids is 4. The van der Waals surface area contributed by atoms with Crippen LogP contribution in [0.3, 0.4) is 0 Å². The van der Waals surface area contributed by atoms with Gasteiger partial charge in [0.2, 0.25) is 23.6 Å². The van der Waals surface area contributed by atoms with Gasteiger partial charge in [-0.1, -0.05) is 60.7 Å². The molecule has 4 fully saturated rings. The first-order chi connectivity index (χ1) is 23.5. The Bertz CT molecular complexity index is 1290. The first kappa shape index (κ1) is 34.9. The molecule has 0 saturated carbocycles. The van der Waals surface area contributed by atoms with Crippen molar-refractivity contribution in [1.82, 2.24) is 20.4 Å². The van der Waals surface area contributed by atoms with Gasteiger partial charge < -0.3 is 20.4 Å². The first-order valence-electron chi connectivity index (χ1n) is 18.0. The Morgan fingerprint density at radius 3 is 1.46 bits per heavy atom. The van der Waals surface area contributed by atoms with Gasteiger partial charge in [-0.2, -0.15) is 0 Å². The molecule has 10 heteroatoms. The summed E-state index contributed by atoms with van der Waals surface area (Å²) in [6.07, 6.45) is 9.65. The lowest BCUT2D eigenvalue weighted by molar-refractivity contribution is -0.139. The summed E-state index contributed by atoms with van der Waals surface area (Å²) in [7, 11) is 0. The number of amides is 4. The zero-order valence-electron chi connectivity index (χ0n) is 27.9. The Kier molecular flexibility index (Phi) is 12.4. The van der Waals surface area contributed by atoms with Crippen LogP contribution in [-0.2, 0) is 32.0 Å². The lowest BCUT2D eigenvalue weighted by Crippen LogP contribution is -2.52. The van der Waals surface area contributed by atoms with Crippen LogP contribution in [0.15, 0.2) is 60.7 Å². The summed E-state index contributed by atoms with van der Waals surface area (Å²) in [5.41, 5.74) is 2.11. The van der Waals surface area contributed by atoms with Crippen molar-refractivity contribution in [1.29, 1.82) is 0 Å². The van der Waals surface area contributed by atoms with Gasteiger partial charge in [-0.15, -0.1) is 23.5 Å². The SMILES string of the molecule is O=C(NC1CCSC2CCCCN2C1=O)C(CCC(Cc1ccccc1)C(=O)NC1CCSC2CCCCN2C1=O)Cc1ccccc1. The first-order valence-corrected chi connectivity index (χ1v) is 20.1. The van der Waals surface area contributed by atoms with Gasteiger partial charge in [0.15, 0.2) is 0 Å². The average molecular weight is 691 g/mol. The topological polar surface area (TPSA) is 98.8 Å². The van der Waals surface area contributed by atoms with E-state index >= 15 is 0 Å². The third kappa shape index (κ3) is 8.97. The summed E-state index contributed by atoms with van der Waals surface area (Å²) in [5.74, 6) is 0.731. The van der Waals surface area contributed by atoms with E-state index in [9.17, 15) is 19.2 Å². The van der Waals surface area contributed by atoms with Crippen molar-refractivity contribution < 1.29 is 19.2 Å². The molecule has 2 aromatic rings. The second kappa shape index (κ2) is 17.1. The van der Waals surface area contributed by atoms with E-state index in [1.807, 2.05) is 94.0 Å². The van der Waals surface area contributed by atoms with E-state index in [2.05, 4.69) is 10.6 Å². The quantitative estimate of drug-likeness (QED) is 0.328. The van der Waals surface area contributed by atoms with Crippen molar-refractivity contribution in [2.24, 2.45) is 11.8 Å². The second-order valence-corrected chi connectivity index (χ2v) is 16.3. The van der Waals surface area contributed by atoms with Crippen molar-refractivity contribution in [2.75, 3.05) is 24.6 Å². The fourth-order valence-corrected chi connectivity index (χ4v) is 10.4.